The van der Waals surface area contributed by atoms with Gasteiger partial charge in [-0.15, -0.1) is 0 Å². The highest BCUT2D eigenvalue weighted by Crippen LogP contribution is 2.33. The molecular weight excluding hydrogens is 294 g/mol. The number of nitrogens with zero attached hydrogens (tertiary/aromatic N) is 2. The summed E-state index contributed by atoms with van der Waals surface area (Å²) < 4.78 is 0. The topological polar surface area (TPSA) is 59.2 Å². The molecule has 1 aliphatic heterocycles. The lowest BCUT2D eigenvalue weighted by atomic mass is 9.97. The molecule has 1 fully saturated rings. The van der Waals surface area contributed by atoms with Gasteiger partial charge in [-0.2, -0.15) is 0 Å². The molecule has 0 radical (unpaired) electrons. The van der Waals surface area contributed by atoms with E-state index in [4.69, 9.17) is 5.73 Å². The van der Waals surface area contributed by atoms with Crippen LogP contribution in [-0.2, 0) is 0 Å². The van der Waals surface area contributed by atoms with Crippen LogP contribution in [0, 0.1) is 0 Å². The number of thiazole rings is 1. The van der Waals surface area contributed by atoms with Crippen molar-refractivity contribution in [2.45, 2.75) is 45.2 Å². The molecule has 2 N–H and O–H groups in total. The Kier molecular flexibility index (Phi) is 4.16. The quantitative estimate of drug-likeness (QED) is 0.917. The van der Waals surface area contributed by atoms with E-state index < -0.39 is 0 Å². The number of benzene rings is 1. The molecule has 0 aliphatic carbocycles. The number of nitrogens with two attached hydrogens (primary N) is 1. The third-order valence-corrected chi connectivity index (χ3v) is 5.19. The zero-order valence-electron chi connectivity index (χ0n) is 13.0. The maximum atomic E-state index is 13.1. The predicted octanol–water partition coefficient (Wildman–Crippen LogP) is 3.80. The average Bonchev–Trinajstić information content (AvgIpc) is 2.90. The summed E-state index contributed by atoms with van der Waals surface area (Å²) >= 11 is 1.29. The molecule has 4 nitrogen and oxygen atoms in total. The number of hydrogen-bond acceptors (Lipinski definition) is 4. The molecule has 5 heteroatoms. The summed E-state index contributed by atoms with van der Waals surface area (Å²) in [5.74, 6) is 0.0627. The third-order valence-electron chi connectivity index (χ3n) is 4.31. The standard InChI is InChI=1S/C17H21N3OS/c1-11-7-6-8-12(2)20(11)16(21)15-14(19-17(18)22-15)13-9-4-3-5-10-13/h3-5,9-12H,6-8H2,1-2H3,(H2,18,19). The molecule has 0 bridgehead atoms. The Morgan fingerprint density at radius 3 is 2.50 bits per heavy atom. The second-order valence-corrected chi connectivity index (χ2v) is 6.97. The molecule has 0 saturated carbocycles. The van der Waals surface area contributed by atoms with Crippen LogP contribution < -0.4 is 5.73 Å². The van der Waals surface area contributed by atoms with Gasteiger partial charge in [0, 0.05) is 17.6 Å². The van der Waals surface area contributed by atoms with Crippen molar-refractivity contribution in [3.8, 4) is 11.3 Å². The Balaban J connectivity index is 1.99. The molecule has 22 heavy (non-hydrogen) atoms. The van der Waals surface area contributed by atoms with Crippen LogP contribution in [0.5, 0.6) is 0 Å². The molecule has 1 aliphatic rings. The maximum absolute atomic E-state index is 13.1. The number of carbonyl (C=O) groups is 1. The van der Waals surface area contributed by atoms with Crippen LogP contribution in [0.2, 0.25) is 0 Å². The van der Waals surface area contributed by atoms with E-state index in [0.717, 1.165) is 18.4 Å². The molecule has 1 amide bonds. The second-order valence-electron chi connectivity index (χ2n) is 5.94. The molecule has 2 unspecified atom stereocenters. The summed E-state index contributed by atoms with van der Waals surface area (Å²) in [5, 5.41) is 0.444. The highest BCUT2D eigenvalue weighted by molar-refractivity contribution is 7.17. The van der Waals surface area contributed by atoms with Gasteiger partial charge in [0.15, 0.2) is 5.13 Å². The van der Waals surface area contributed by atoms with Crippen molar-refractivity contribution < 1.29 is 4.79 Å². The van der Waals surface area contributed by atoms with Gasteiger partial charge in [0.25, 0.3) is 5.91 Å². The summed E-state index contributed by atoms with van der Waals surface area (Å²) in [5.41, 5.74) is 7.54. The average molecular weight is 315 g/mol. The van der Waals surface area contributed by atoms with E-state index in [1.807, 2.05) is 35.2 Å². The summed E-state index contributed by atoms with van der Waals surface area (Å²) in [6.07, 6.45) is 3.30. The van der Waals surface area contributed by atoms with E-state index in [2.05, 4.69) is 18.8 Å². The van der Waals surface area contributed by atoms with Gasteiger partial charge in [0.1, 0.15) is 4.88 Å². The molecular formula is C17H21N3OS. The van der Waals surface area contributed by atoms with Crippen LogP contribution in [0.3, 0.4) is 0 Å². The first kappa shape index (κ1) is 15.0. The first-order chi connectivity index (χ1) is 10.6. The number of hydrogen-bond donors (Lipinski definition) is 1. The lowest BCUT2D eigenvalue weighted by molar-refractivity contribution is 0.0516. The van der Waals surface area contributed by atoms with Gasteiger partial charge in [0.05, 0.1) is 5.69 Å². The molecule has 2 aromatic rings. The molecule has 1 aromatic heterocycles. The zero-order valence-corrected chi connectivity index (χ0v) is 13.8. The van der Waals surface area contributed by atoms with Crippen molar-refractivity contribution >= 4 is 22.4 Å². The van der Waals surface area contributed by atoms with Gasteiger partial charge < -0.3 is 10.6 Å². The van der Waals surface area contributed by atoms with Gasteiger partial charge in [-0.25, -0.2) is 4.98 Å². The fraction of sp³-hybridized carbons (Fsp3) is 0.412. The lowest BCUT2D eigenvalue weighted by Crippen LogP contribution is -2.47. The molecule has 1 aromatic carbocycles. The van der Waals surface area contributed by atoms with Gasteiger partial charge in [0.2, 0.25) is 0 Å². The van der Waals surface area contributed by atoms with Crippen LogP contribution in [0.4, 0.5) is 5.13 Å². The normalized spacial score (nSPS) is 21.8. The molecule has 116 valence electrons. The summed E-state index contributed by atoms with van der Waals surface area (Å²) in [4.78, 5) is 20.1. The number of anilines is 1. The van der Waals surface area contributed by atoms with Crippen LogP contribution in [0.1, 0.15) is 42.8 Å². The Hall–Kier alpha value is -1.88. The van der Waals surface area contributed by atoms with E-state index in [9.17, 15) is 4.79 Å². The fourth-order valence-electron chi connectivity index (χ4n) is 3.21. The monoisotopic (exact) mass is 315 g/mol. The lowest BCUT2D eigenvalue weighted by Gasteiger charge is -2.38. The zero-order chi connectivity index (χ0) is 15.7. The van der Waals surface area contributed by atoms with Crippen LogP contribution in [0.25, 0.3) is 11.3 Å². The van der Waals surface area contributed by atoms with Gasteiger partial charge >= 0.3 is 0 Å². The Morgan fingerprint density at radius 1 is 1.23 bits per heavy atom. The summed E-state index contributed by atoms with van der Waals surface area (Å²) in [6.45, 7) is 4.25. The molecule has 0 spiro atoms. The van der Waals surface area contributed by atoms with E-state index in [1.165, 1.54) is 17.8 Å². The first-order valence-electron chi connectivity index (χ1n) is 7.72. The molecule has 2 heterocycles. The smallest absolute Gasteiger partial charge is 0.266 e. The van der Waals surface area contributed by atoms with Crippen LogP contribution in [0.15, 0.2) is 30.3 Å². The first-order valence-corrected chi connectivity index (χ1v) is 8.54. The number of rotatable bonds is 2. The van der Waals surface area contributed by atoms with Crippen molar-refractivity contribution in [2.24, 2.45) is 0 Å². The summed E-state index contributed by atoms with van der Waals surface area (Å²) in [7, 11) is 0. The second kappa shape index (κ2) is 6.08. The Morgan fingerprint density at radius 2 is 1.86 bits per heavy atom. The molecule has 1 saturated heterocycles. The Bertz CT molecular complexity index is 658. The maximum Gasteiger partial charge on any atom is 0.266 e. The molecule has 2 atom stereocenters. The van der Waals surface area contributed by atoms with E-state index in [0.29, 0.717) is 15.7 Å². The number of piperidine rings is 1. The number of nitrogen functional groups attached to an aromatic ring is 1. The van der Waals surface area contributed by atoms with Gasteiger partial charge in [-0.1, -0.05) is 41.7 Å². The number of amides is 1. The minimum Gasteiger partial charge on any atom is -0.375 e. The number of aromatic nitrogens is 1. The van der Waals surface area contributed by atoms with E-state index in [-0.39, 0.29) is 18.0 Å². The van der Waals surface area contributed by atoms with Crippen molar-refractivity contribution in [3.05, 3.63) is 35.2 Å². The fourth-order valence-corrected chi connectivity index (χ4v) is 4.01. The largest absolute Gasteiger partial charge is 0.375 e. The predicted molar refractivity (Wildman–Crippen MR) is 90.9 cm³/mol. The highest BCUT2D eigenvalue weighted by Gasteiger charge is 2.32. The van der Waals surface area contributed by atoms with Crippen molar-refractivity contribution in [1.29, 1.82) is 0 Å². The summed E-state index contributed by atoms with van der Waals surface area (Å²) in [6, 6.07) is 10.3. The Labute approximate surface area is 135 Å². The van der Waals surface area contributed by atoms with Gasteiger partial charge in [-0.3, -0.25) is 4.79 Å². The van der Waals surface area contributed by atoms with Gasteiger partial charge in [-0.05, 0) is 33.1 Å². The van der Waals surface area contributed by atoms with E-state index >= 15 is 0 Å². The van der Waals surface area contributed by atoms with Crippen LogP contribution in [-0.4, -0.2) is 27.9 Å². The van der Waals surface area contributed by atoms with Crippen molar-refractivity contribution in [1.82, 2.24) is 9.88 Å². The minimum atomic E-state index is 0.0627. The highest BCUT2D eigenvalue weighted by atomic mass is 32.1. The van der Waals surface area contributed by atoms with E-state index in [1.54, 1.807) is 0 Å². The van der Waals surface area contributed by atoms with Crippen molar-refractivity contribution in [2.75, 3.05) is 5.73 Å². The molecule has 3 rings (SSSR count). The third kappa shape index (κ3) is 2.73. The van der Waals surface area contributed by atoms with Crippen molar-refractivity contribution in [3.63, 3.8) is 0 Å². The minimum absolute atomic E-state index is 0.0627. The number of likely N-dealkylation sites (tertiary alicyclic amines) is 1. The SMILES string of the molecule is CC1CCCC(C)N1C(=O)c1sc(N)nc1-c1ccccc1. The van der Waals surface area contributed by atoms with Crippen LogP contribution >= 0.6 is 11.3 Å². The number of carbonyl (C=O) groups excluding carboxylic acids is 1.